The predicted molar refractivity (Wildman–Crippen MR) is 74.8 cm³/mol. The lowest BCUT2D eigenvalue weighted by atomic mass is 10.1. The number of nitriles is 1. The fourth-order valence-electron chi connectivity index (χ4n) is 1.99. The van der Waals surface area contributed by atoms with Crippen molar-refractivity contribution in [1.82, 2.24) is 4.90 Å². The van der Waals surface area contributed by atoms with E-state index in [-0.39, 0.29) is 24.7 Å². The zero-order valence-corrected chi connectivity index (χ0v) is 11.7. The zero-order chi connectivity index (χ0) is 15.2. The van der Waals surface area contributed by atoms with E-state index in [2.05, 4.69) is 0 Å². The van der Waals surface area contributed by atoms with Crippen LogP contribution in [0.25, 0.3) is 0 Å². The molecule has 0 fully saturated rings. The Morgan fingerprint density at radius 1 is 1.43 bits per heavy atom. The molecule has 5 heteroatoms. The first-order valence-electron chi connectivity index (χ1n) is 6.56. The number of furan rings is 1. The van der Waals surface area contributed by atoms with E-state index in [1.165, 1.54) is 29.4 Å². The molecule has 4 nitrogen and oxygen atoms in total. The average molecular weight is 286 g/mol. The van der Waals surface area contributed by atoms with Crippen LogP contribution >= 0.6 is 0 Å². The molecule has 0 aliphatic heterocycles. The van der Waals surface area contributed by atoms with E-state index in [1.807, 2.05) is 6.07 Å². The molecule has 2 aromatic rings. The molecule has 0 bridgehead atoms. The molecule has 0 saturated heterocycles. The normalized spacial score (nSPS) is 10.1. The average Bonchev–Trinajstić information content (AvgIpc) is 2.98. The van der Waals surface area contributed by atoms with E-state index in [1.54, 1.807) is 19.1 Å². The minimum atomic E-state index is -0.346. The molecule has 1 heterocycles. The van der Waals surface area contributed by atoms with Gasteiger partial charge in [0.1, 0.15) is 11.6 Å². The van der Waals surface area contributed by atoms with Crippen LogP contribution in [-0.4, -0.2) is 17.4 Å². The molecule has 0 radical (unpaired) electrons. The first-order chi connectivity index (χ1) is 10.1. The van der Waals surface area contributed by atoms with Crippen molar-refractivity contribution in [2.75, 3.05) is 6.54 Å². The van der Waals surface area contributed by atoms with E-state index in [4.69, 9.17) is 9.68 Å². The fourth-order valence-corrected chi connectivity index (χ4v) is 1.99. The number of hydrogen-bond acceptors (Lipinski definition) is 3. The van der Waals surface area contributed by atoms with Gasteiger partial charge in [-0.2, -0.15) is 5.26 Å². The molecule has 0 saturated carbocycles. The second-order valence-electron chi connectivity index (χ2n) is 4.68. The van der Waals surface area contributed by atoms with E-state index >= 15 is 0 Å². The van der Waals surface area contributed by atoms with Crippen LogP contribution in [-0.2, 0) is 6.54 Å². The van der Waals surface area contributed by atoms with Gasteiger partial charge in [0.2, 0.25) is 0 Å². The van der Waals surface area contributed by atoms with Gasteiger partial charge in [0, 0.05) is 12.1 Å². The van der Waals surface area contributed by atoms with Gasteiger partial charge < -0.3 is 9.32 Å². The zero-order valence-electron chi connectivity index (χ0n) is 11.7. The number of benzene rings is 1. The number of amides is 1. The third-order valence-corrected chi connectivity index (χ3v) is 3.11. The molecule has 21 heavy (non-hydrogen) atoms. The Labute approximate surface area is 122 Å². The summed E-state index contributed by atoms with van der Waals surface area (Å²) in [6, 6.07) is 9.77. The second kappa shape index (κ2) is 6.71. The maximum atomic E-state index is 13.3. The summed E-state index contributed by atoms with van der Waals surface area (Å²) in [5.41, 5.74) is 0.817. The van der Waals surface area contributed by atoms with Gasteiger partial charge in [-0.15, -0.1) is 0 Å². The second-order valence-corrected chi connectivity index (χ2v) is 4.68. The highest BCUT2D eigenvalue weighted by atomic mass is 19.1. The van der Waals surface area contributed by atoms with Gasteiger partial charge >= 0.3 is 0 Å². The molecule has 1 amide bonds. The SMILES string of the molecule is Cc1cc(C(=O)N(CCC#N)Cc2ccco2)ccc1F. The number of halogens is 1. The van der Waals surface area contributed by atoms with E-state index in [9.17, 15) is 9.18 Å². The number of aryl methyl sites for hydroxylation is 1. The topological polar surface area (TPSA) is 57.2 Å². The first kappa shape index (κ1) is 14.8. The molecule has 0 aliphatic carbocycles. The molecular formula is C16H15FN2O2. The van der Waals surface area contributed by atoms with Gasteiger partial charge in [-0.3, -0.25) is 4.79 Å². The molecule has 2 rings (SSSR count). The van der Waals surface area contributed by atoms with Gasteiger partial charge in [0.05, 0.1) is 25.3 Å². The lowest BCUT2D eigenvalue weighted by molar-refractivity contribution is 0.0735. The Morgan fingerprint density at radius 3 is 2.86 bits per heavy atom. The summed E-state index contributed by atoms with van der Waals surface area (Å²) < 4.78 is 18.5. The van der Waals surface area contributed by atoms with Crippen LogP contribution in [0.5, 0.6) is 0 Å². The van der Waals surface area contributed by atoms with Gasteiger partial charge in [-0.25, -0.2) is 4.39 Å². The lowest BCUT2D eigenvalue weighted by Gasteiger charge is -2.20. The van der Waals surface area contributed by atoms with Crippen molar-refractivity contribution in [1.29, 1.82) is 5.26 Å². The third kappa shape index (κ3) is 3.69. The monoisotopic (exact) mass is 286 g/mol. The van der Waals surface area contributed by atoms with Crippen molar-refractivity contribution in [3.8, 4) is 6.07 Å². The van der Waals surface area contributed by atoms with Gasteiger partial charge in [-0.05, 0) is 42.8 Å². The quantitative estimate of drug-likeness (QED) is 0.847. The summed E-state index contributed by atoms with van der Waals surface area (Å²) in [4.78, 5) is 14.0. The molecule has 0 unspecified atom stereocenters. The maximum Gasteiger partial charge on any atom is 0.254 e. The molecule has 1 aromatic heterocycles. The van der Waals surface area contributed by atoms with E-state index in [0.29, 0.717) is 23.4 Å². The van der Waals surface area contributed by atoms with Crippen molar-refractivity contribution in [2.24, 2.45) is 0 Å². The molecule has 0 aliphatic rings. The van der Waals surface area contributed by atoms with Gasteiger partial charge in [0.15, 0.2) is 0 Å². The third-order valence-electron chi connectivity index (χ3n) is 3.11. The molecular weight excluding hydrogens is 271 g/mol. The summed E-state index contributed by atoms with van der Waals surface area (Å²) in [5.74, 6) is 0.0473. The summed E-state index contributed by atoms with van der Waals surface area (Å²) in [6.07, 6.45) is 1.76. The largest absolute Gasteiger partial charge is 0.467 e. The summed E-state index contributed by atoms with van der Waals surface area (Å²) in [6.45, 7) is 2.19. The van der Waals surface area contributed by atoms with E-state index in [0.717, 1.165) is 0 Å². The number of hydrogen-bond donors (Lipinski definition) is 0. The molecule has 0 N–H and O–H groups in total. The van der Waals surface area contributed by atoms with Crippen LogP contribution in [0.2, 0.25) is 0 Å². The van der Waals surface area contributed by atoms with Crippen LogP contribution in [0.4, 0.5) is 4.39 Å². The van der Waals surface area contributed by atoms with Gasteiger partial charge in [0.25, 0.3) is 5.91 Å². The number of carbonyl (C=O) groups is 1. The Balaban J connectivity index is 2.20. The minimum Gasteiger partial charge on any atom is -0.467 e. The van der Waals surface area contributed by atoms with E-state index < -0.39 is 0 Å². The van der Waals surface area contributed by atoms with Crippen molar-refractivity contribution in [3.63, 3.8) is 0 Å². The fraction of sp³-hybridized carbons (Fsp3) is 0.250. The number of rotatable bonds is 5. The van der Waals surface area contributed by atoms with Crippen molar-refractivity contribution in [3.05, 3.63) is 59.3 Å². The number of carbonyl (C=O) groups excluding carboxylic acids is 1. The summed E-state index contributed by atoms with van der Waals surface area (Å²) in [7, 11) is 0. The highest BCUT2D eigenvalue weighted by Crippen LogP contribution is 2.14. The van der Waals surface area contributed by atoms with Gasteiger partial charge in [-0.1, -0.05) is 0 Å². The smallest absolute Gasteiger partial charge is 0.254 e. The van der Waals surface area contributed by atoms with Crippen LogP contribution in [0, 0.1) is 24.1 Å². The highest BCUT2D eigenvalue weighted by Gasteiger charge is 2.17. The van der Waals surface area contributed by atoms with Crippen LogP contribution in [0.3, 0.4) is 0 Å². The minimum absolute atomic E-state index is 0.229. The Morgan fingerprint density at radius 2 is 2.24 bits per heavy atom. The van der Waals surface area contributed by atoms with Crippen LogP contribution in [0.15, 0.2) is 41.0 Å². The number of nitrogens with zero attached hydrogens (tertiary/aromatic N) is 2. The van der Waals surface area contributed by atoms with Crippen LogP contribution in [0.1, 0.15) is 28.1 Å². The Bertz CT molecular complexity index is 659. The van der Waals surface area contributed by atoms with Crippen LogP contribution < -0.4 is 0 Å². The summed E-state index contributed by atoms with van der Waals surface area (Å²) >= 11 is 0. The molecule has 0 atom stereocenters. The van der Waals surface area contributed by atoms with Crippen molar-refractivity contribution in [2.45, 2.75) is 19.9 Å². The lowest BCUT2D eigenvalue weighted by Crippen LogP contribution is -2.31. The standard InChI is InChI=1S/C16H15FN2O2/c1-12-10-13(5-6-15(12)17)16(20)19(8-3-7-18)11-14-4-2-9-21-14/h2,4-6,9-10H,3,8,11H2,1H3. The predicted octanol–water partition coefficient (Wildman–Crippen LogP) is 3.28. The Hall–Kier alpha value is -2.61. The maximum absolute atomic E-state index is 13.3. The Kier molecular flexibility index (Phi) is 4.72. The van der Waals surface area contributed by atoms with Crippen molar-refractivity contribution >= 4 is 5.91 Å². The molecule has 108 valence electrons. The molecule has 1 aromatic carbocycles. The van der Waals surface area contributed by atoms with Crippen molar-refractivity contribution < 1.29 is 13.6 Å². The first-order valence-corrected chi connectivity index (χ1v) is 6.56. The summed E-state index contributed by atoms with van der Waals surface area (Å²) in [5, 5.41) is 8.71. The highest BCUT2D eigenvalue weighted by molar-refractivity contribution is 5.94. The molecule has 0 spiro atoms.